The molecule has 0 spiro atoms. The van der Waals surface area contributed by atoms with Crippen molar-refractivity contribution < 1.29 is 23.7 Å². The fourth-order valence-corrected chi connectivity index (χ4v) is 3.27. The number of halogens is 1. The van der Waals surface area contributed by atoms with Gasteiger partial charge in [0.2, 0.25) is 0 Å². The van der Waals surface area contributed by atoms with Crippen LogP contribution in [0.2, 0.25) is 0 Å². The van der Waals surface area contributed by atoms with Gasteiger partial charge in [0.25, 0.3) is 0 Å². The zero-order chi connectivity index (χ0) is 25.0. The zero-order valence-electron chi connectivity index (χ0n) is 20.7. The first-order valence-electron chi connectivity index (χ1n) is 12.3. The summed E-state index contributed by atoms with van der Waals surface area (Å²) >= 11 is 0. The molecule has 0 bridgehead atoms. The van der Waals surface area contributed by atoms with Crippen molar-refractivity contribution >= 4 is 0 Å². The Labute approximate surface area is 206 Å². The summed E-state index contributed by atoms with van der Waals surface area (Å²) in [6.07, 6.45) is 4.80. The monoisotopic (exact) mass is 483 g/mol. The normalized spacial score (nSPS) is 10.9. The van der Waals surface area contributed by atoms with Crippen molar-refractivity contribution in [3.05, 3.63) is 42.5 Å². The third-order valence-corrected chi connectivity index (χ3v) is 5.30. The van der Waals surface area contributed by atoms with Crippen molar-refractivity contribution in [1.82, 2.24) is 15.0 Å². The predicted molar refractivity (Wildman–Crippen MR) is 134 cm³/mol. The predicted octanol–water partition coefficient (Wildman–Crippen LogP) is 6.59. The maximum Gasteiger partial charge on any atom is 0.312 e. The Morgan fingerprint density at radius 1 is 0.686 bits per heavy atom. The molecule has 0 radical (unpaired) electrons. The molecular formula is C27H34FN3O4. The maximum atomic E-state index is 14.5. The van der Waals surface area contributed by atoms with Crippen LogP contribution in [0.1, 0.15) is 59.3 Å². The molecule has 1 N–H and O–H groups in total. The number of nitrogens with zero attached hydrogens (tertiary/aromatic N) is 3. The highest BCUT2D eigenvalue weighted by molar-refractivity contribution is 5.70. The van der Waals surface area contributed by atoms with Crippen LogP contribution in [0.15, 0.2) is 36.4 Å². The molecule has 0 aliphatic heterocycles. The van der Waals surface area contributed by atoms with Crippen LogP contribution in [0.5, 0.6) is 23.0 Å². The number of phenols is 1. The molecule has 0 aliphatic rings. The number of hydrogen-bond acceptors (Lipinski definition) is 7. The zero-order valence-corrected chi connectivity index (χ0v) is 20.7. The molecule has 3 aromatic rings. The minimum absolute atomic E-state index is 0.0212. The van der Waals surface area contributed by atoms with Crippen LogP contribution in [0.4, 0.5) is 4.39 Å². The van der Waals surface area contributed by atoms with Crippen molar-refractivity contribution in [2.75, 3.05) is 19.8 Å². The molecule has 0 aliphatic carbocycles. The standard InChI is InChI=1S/C27H34FN3O4/c1-4-7-14-33-19-10-12-21(23(32)17-19)25-29-26(31-27(28)30-25)22-13-11-20(34-15-8-5-2)18-24(22)35-16-9-6-3/h10-13,17-18,32H,4-9,14-16H2,1-3H3. The summed E-state index contributed by atoms with van der Waals surface area (Å²) in [5, 5.41) is 10.5. The fourth-order valence-electron chi connectivity index (χ4n) is 3.27. The van der Waals surface area contributed by atoms with E-state index in [-0.39, 0.29) is 23.0 Å². The van der Waals surface area contributed by atoms with Crippen molar-refractivity contribution in [2.24, 2.45) is 0 Å². The lowest BCUT2D eigenvalue weighted by atomic mass is 10.1. The molecule has 0 atom stereocenters. The van der Waals surface area contributed by atoms with E-state index < -0.39 is 6.08 Å². The molecule has 3 rings (SSSR count). The largest absolute Gasteiger partial charge is 0.507 e. The third kappa shape index (κ3) is 7.53. The van der Waals surface area contributed by atoms with Crippen molar-refractivity contribution in [2.45, 2.75) is 59.3 Å². The third-order valence-electron chi connectivity index (χ3n) is 5.30. The summed E-state index contributed by atoms with van der Waals surface area (Å²) in [6.45, 7) is 7.91. The summed E-state index contributed by atoms with van der Waals surface area (Å²) in [7, 11) is 0. The van der Waals surface area contributed by atoms with Crippen LogP contribution in [0, 0.1) is 6.08 Å². The van der Waals surface area contributed by atoms with Gasteiger partial charge in [-0.1, -0.05) is 40.0 Å². The van der Waals surface area contributed by atoms with E-state index in [0.29, 0.717) is 42.6 Å². The van der Waals surface area contributed by atoms with Crippen molar-refractivity contribution in [3.63, 3.8) is 0 Å². The Hall–Kier alpha value is -3.42. The second-order valence-corrected chi connectivity index (χ2v) is 8.19. The van der Waals surface area contributed by atoms with E-state index in [1.54, 1.807) is 30.3 Å². The molecule has 0 unspecified atom stereocenters. The lowest BCUT2D eigenvalue weighted by Gasteiger charge is -2.14. The number of hydrogen-bond donors (Lipinski definition) is 1. The summed E-state index contributed by atoms with van der Waals surface area (Å²) in [6, 6.07) is 10.1. The molecule has 0 fully saturated rings. The minimum Gasteiger partial charge on any atom is -0.507 e. The number of aromatic nitrogens is 3. The van der Waals surface area contributed by atoms with E-state index in [2.05, 4.69) is 35.7 Å². The van der Waals surface area contributed by atoms with Gasteiger partial charge in [0, 0.05) is 12.1 Å². The topological polar surface area (TPSA) is 86.6 Å². The Morgan fingerprint density at radius 3 is 1.77 bits per heavy atom. The van der Waals surface area contributed by atoms with Gasteiger partial charge in [-0.15, -0.1) is 0 Å². The molecule has 188 valence electrons. The van der Waals surface area contributed by atoms with Gasteiger partial charge in [0.05, 0.1) is 30.9 Å². The average molecular weight is 484 g/mol. The highest BCUT2D eigenvalue weighted by atomic mass is 19.1. The first-order chi connectivity index (χ1) is 17.0. The van der Waals surface area contributed by atoms with Gasteiger partial charge in [-0.3, -0.25) is 0 Å². The van der Waals surface area contributed by atoms with E-state index in [4.69, 9.17) is 14.2 Å². The number of phenolic OH excluding ortho intramolecular Hbond substituents is 1. The van der Waals surface area contributed by atoms with E-state index in [0.717, 1.165) is 38.5 Å². The molecule has 2 aromatic carbocycles. The highest BCUT2D eigenvalue weighted by Gasteiger charge is 2.17. The van der Waals surface area contributed by atoms with Crippen LogP contribution in [0.3, 0.4) is 0 Å². The van der Waals surface area contributed by atoms with Gasteiger partial charge in [-0.2, -0.15) is 14.4 Å². The molecule has 0 amide bonds. The van der Waals surface area contributed by atoms with Gasteiger partial charge in [0.15, 0.2) is 11.6 Å². The molecular weight excluding hydrogens is 449 g/mol. The molecule has 35 heavy (non-hydrogen) atoms. The maximum absolute atomic E-state index is 14.5. The van der Waals surface area contributed by atoms with Crippen LogP contribution >= 0.6 is 0 Å². The van der Waals surface area contributed by atoms with E-state index >= 15 is 0 Å². The Morgan fingerprint density at radius 2 is 1.20 bits per heavy atom. The fraction of sp³-hybridized carbons (Fsp3) is 0.444. The van der Waals surface area contributed by atoms with Gasteiger partial charge in [-0.05, 0) is 43.5 Å². The summed E-state index contributed by atoms with van der Waals surface area (Å²) < 4.78 is 31.9. The average Bonchev–Trinajstić information content (AvgIpc) is 2.84. The summed E-state index contributed by atoms with van der Waals surface area (Å²) in [5.41, 5.74) is 0.800. The highest BCUT2D eigenvalue weighted by Crippen LogP contribution is 2.35. The number of ether oxygens (including phenoxy) is 3. The molecule has 8 heteroatoms. The minimum atomic E-state index is -0.949. The number of rotatable bonds is 14. The van der Waals surface area contributed by atoms with Crippen LogP contribution in [0.25, 0.3) is 22.8 Å². The first-order valence-corrected chi connectivity index (χ1v) is 12.3. The van der Waals surface area contributed by atoms with E-state index in [1.807, 2.05) is 0 Å². The van der Waals surface area contributed by atoms with Crippen LogP contribution < -0.4 is 14.2 Å². The van der Waals surface area contributed by atoms with Gasteiger partial charge in [0.1, 0.15) is 23.0 Å². The summed E-state index contributed by atoms with van der Waals surface area (Å²) in [5.74, 6) is 1.73. The SMILES string of the molecule is CCCCOc1ccc(-c2nc(F)nc(-c3ccc(OCCCC)cc3OCCCC)n2)c(O)c1. The Bertz CT molecular complexity index is 1090. The van der Waals surface area contributed by atoms with Gasteiger partial charge < -0.3 is 19.3 Å². The molecule has 1 aromatic heterocycles. The number of aromatic hydroxyl groups is 1. The van der Waals surface area contributed by atoms with Crippen LogP contribution in [-0.4, -0.2) is 39.9 Å². The second-order valence-electron chi connectivity index (χ2n) is 8.19. The van der Waals surface area contributed by atoms with Gasteiger partial charge >= 0.3 is 6.08 Å². The van der Waals surface area contributed by atoms with Crippen LogP contribution in [-0.2, 0) is 0 Å². The summed E-state index contributed by atoms with van der Waals surface area (Å²) in [4.78, 5) is 12.2. The molecule has 0 saturated heterocycles. The Balaban J connectivity index is 1.93. The number of unbranched alkanes of at least 4 members (excludes halogenated alkanes) is 3. The van der Waals surface area contributed by atoms with E-state index in [9.17, 15) is 9.50 Å². The molecule has 7 nitrogen and oxygen atoms in total. The quantitative estimate of drug-likeness (QED) is 0.259. The number of benzene rings is 2. The van der Waals surface area contributed by atoms with E-state index in [1.165, 1.54) is 6.07 Å². The van der Waals surface area contributed by atoms with Crippen molar-refractivity contribution in [3.8, 4) is 45.8 Å². The van der Waals surface area contributed by atoms with Crippen molar-refractivity contribution in [1.29, 1.82) is 0 Å². The smallest absolute Gasteiger partial charge is 0.312 e. The lowest BCUT2D eigenvalue weighted by molar-refractivity contribution is 0.295. The first kappa shape index (κ1) is 26.2. The molecule has 1 heterocycles. The lowest BCUT2D eigenvalue weighted by Crippen LogP contribution is -2.04. The Kier molecular flexibility index (Phi) is 10.1. The molecule has 0 saturated carbocycles. The second kappa shape index (κ2) is 13.5. The van der Waals surface area contributed by atoms with Gasteiger partial charge in [-0.25, -0.2) is 4.98 Å².